The normalized spacial score (nSPS) is 15.8. The Bertz CT molecular complexity index is 851. The quantitative estimate of drug-likeness (QED) is 0.674. The van der Waals surface area contributed by atoms with Gasteiger partial charge in [-0.2, -0.15) is 0 Å². The van der Waals surface area contributed by atoms with E-state index in [-0.39, 0.29) is 0 Å². The number of esters is 1. The van der Waals surface area contributed by atoms with Crippen molar-refractivity contribution in [1.29, 1.82) is 0 Å². The molecule has 1 amide bonds. The van der Waals surface area contributed by atoms with Crippen LogP contribution < -0.4 is 15.0 Å². The van der Waals surface area contributed by atoms with Crippen LogP contribution >= 0.6 is 11.6 Å². The lowest BCUT2D eigenvalue weighted by Gasteiger charge is -2.29. The van der Waals surface area contributed by atoms with Crippen molar-refractivity contribution < 1.29 is 23.8 Å². The molecule has 8 heteroatoms. The molecular formula is C22H25ClN2O5. The van der Waals surface area contributed by atoms with Gasteiger partial charge in [-0.25, -0.2) is 4.79 Å². The zero-order valence-electron chi connectivity index (χ0n) is 17.0. The van der Waals surface area contributed by atoms with Crippen LogP contribution in [0.3, 0.4) is 0 Å². The first-order valence-electron chi connectivity index (χ1n) is 9.79. The zero-order valence-corrected chi connectivity index (χ0v) is 17.7. The maximum atomic E-state index is 12.4. The number of ether oxygens (including phenoxy) is 3. The van der Waals surface area contributed by atoms with E-state index in [4.69, 9.17) is 25.8 Å². The molecule has 1 aliphatic heterocycles. The van der Waals surface area contributed by atoms with Crippen LogP contribution in [0.25, 0.3) is 0 Å². The predicted molar refractivity (Wildman–Crippen MR) is 115 cm³/mol. The predicted octanol–water partition coefficient (Wildman–Crippen LogP) is 3.51. The van der Waals surface area contributed by atoms with Crippen LogP contribution in [-0.2, 0) is 19.1 Å². The van der Waals surface area contributed by atoms with Gasteiger partial charge in [0, 0.05) is 29.5 Å². The Hall–Kier alpha value is -2.77. The van der Waals surface area contributed by atoms with E-state index in [2.05, 4.69) is 10.2 Å². The number of hydrogen-bond donors (Lipinski definition) is 1. The van der Waals surface area contributed by atoms with E-state index in [0.717, 1.165) is 18.8 Å². The summed E-state index contributed by atoms with van der Waals surface area (Å²) in [5.41, 5.74) is 1.70. The van der Waals surface area contributed by atoms with Gasteiger partial charge >= 0.3 is 5.97 Å². The highest BCUT2D eigenvalue weighted by Gasteiger charge is 2.23. The van der Waals surface area contributed by atoms with Crippen LogP contribution in [0.2, 0.25) is 5.02 Å². The molecule has 1 fully saturated rings. The first-order chi connectivity index (χ1) is 14.4. The molecule has 7 nitrogen and oxygen atoms in total. The average Bonchev–Trinajstić information content (AvgIpc) is 2.76. The fourth-order valence-corrected chi connectivity index (χ4v) is 3.04. The lowest BCUT2D eigenvalue weighted by molar-refractivity contribution is -0.159. The minimum Gasteiger partial charge on any atom is -0.479 e. The lowest BCUT2D eigenvalue weighted by Crippen LogP contribution is -2.36. The molecule has 2 aromatic rings. The molecule has 0 radical (unpaired) electrons. The summed E-state index contributed by atoms with van der Waals surface area (Å²) >= 11 is 5.83. The second-order valence-corrected chi connectivity index (χ2v) is 7.37. The summed E-state index contributed by atoms with van der Waals surface area (Å²) < 4.78 is 16.1. The monoisotopic (exact) mass is 432 g/mol. The van der Waals surface area contributed by atoms with Crippen LogP contribution in [0.1, 0.15) is 13.8 Å². The minimum absolute atomic E-state index is 0.416. The molecule has 0 bridgehead atoms. The number of carbonyl (C=O) groups excluding carboxylic acids is 2. The zero-order chi connectivity index (χ0) is 21.5. The van der Waals surface area contributed by atoms with E-state index in [1.54, 1.807) is 31.2 Å². The number of hydrogen-bond acceptors (Lipinski definition) is 6. The number of rotatable bonds is 7. The summed E-state index contributed by atoms with van der Waals surface area (Å²) in [7, 11) is 0. The summed E-state index contributed by atoms with van der Waals surface area (Å²) in [6.45, 7) is 6.18. The Morgan fingerprint density at radius 1 is 1.00 bits per heavy atom. The van der Waals surface area contributed by atoms with Crippen molar-refractivity contribution in [3.63, 3.8) is 0 Å². The topological polar surface area (TPSA) is 77.1 Å². The molecule has 3 rings (SSSR count). The Morgan fingerprint density at radius 2 is 1.63 bits per heavy atom. The number of benzene rings is 2. The first kappa shape index (κ1) is 21.9. The standard InChI is InChI=1S/C22H25ClN2O5/c1-15(30-22(27)16(2)29-20-9-3-17(23)4-10-20)21(26)24-18-5-7-19(8-6-18)25-11-13-28-14-12-25/h3-10,15-16H,11-14H2,1-2H3,(H,24,26)/t15-,16-/m0/s1. The van der Waals surface area contributed by atoms with E-state index in [9.17, 15) is 9.59 Å². The Kier molecular flexibility index (Phi) is 7.54. The van der Waals surface area contributed by atoms with Gasteiger partial charge in [-0.15, -0.1) is 0 Å². The molecule has 2 aromatic carbocycles. The molecule has 1 heterocycles. The van der Waals surface area contributed by atoms with E-state index in [1.807, 2.05) is 24.3 Å². The second kappa shape index (κ2) is 10.3. The molecule has 160 valence electrons. The van der Waals surface area contributed by atoms with Gasteiger partial charge in [0.05, 0.1) is 13.2 Å². The minimum atomic E-state index is -0.965. The molecule has 0 spiro atoms. The van der Waals surface area contributed by atoms with Crippen molar-refractivity contribution in [3.05, 3.63) is 53.6 Å². The number of nitrogens with one attached hydrogen (secondary N) is 1. The van der Waals surface area contributed by atoms with E-state index >= 15 is 0 Å². The van der Waals surface area contributed by atoms with Crippen LogP contribution in [0.15, 0.2) is 48.5 Å². The van der Waals surface area contributed by atoms with Gasteiger partial charge in [0.1, 0.15) is 5.75 Å². The van der Waals surface area contributed by atoms with Gasteiger partial charge < -0.3 is 24.4 Å². The summed E-state index contributed by atoms with van der Waals surface area (Å²) in [6.07, 6.45) is -1.83. The molecule has 2 atom stereocenters. The molecule has 0 aliphatic carbocycles. The summed E-state index contributed by atoms with van der Waals surface area (Å²) in [5.74, 6) is -0.558. The summed E-state index contributed by atoms with van der Waals surface area (Å²) in [4.78, 5) is 26.8. The summed E-state index contributed by atoms with van der Waals surface area (Å²) in [6, 6.07) is 14.2. The molecule has 30 heavy (non-hydrogen) atoms. The number of morpholine rings is 1. The lowest BCUT2D eigenvalue weighted by atomic mass is 10.2. The second-order valence-electron chi connectivity index (χ2n) is 6.93. The van der Waals surface area contributed by atoms with E-state index in [0.29, 0.717) is 29.7 Å². The van der Waals surface area contributed by atoms with Crippen molar-refractivity contribution >= 4 is 34.9 Å². The van der Waals surface area contributed by atoms with Gasteiger partial charge in [0.2, 0.25) is 0 Å². The van der Waals surface area contributed by atoms with Crippen molar-refractivity contribution in [3.8, 4) is 5.75 Å². The fraction of sp³-hybridized carbons (Fsp3) is 0.364. The van der Waals surface area contributed by atoms with Crippen LogP contribution in [-0.4, -0.2) is 50.4 Å². The number of halogens is 1. The third kappa shape index (κ3) is 6.11. The van der Waals surface area contributed by atoms with Crippen LogP contribution in [0.5, 0.6) is 5.75 Å². The molecule has 1 aliphatic rings. The first-order valence-corrected chi connectivity index (χ1v) is 10.2. The smallest absolute Gasteiger partial charge is 0.347 e. The molecular weight excluding hydrogens is 408 g/mol. The van der Waals surface area contributed by atoms with Gasteiger partial charge in [0.15, 0.2) is 12.2 Å². The Balaban J connectivity index is 1.48. The molecule has 0 saturated carbocycles. The van der Waals surface area contributed by atoms with Crippen molar-refractivity contribution in [2.45, 2.75) is 26.1 Å². The third-order valence-electron chi connectivity index (χ3n) is 4.63. The van der Waals surface area contributed by atoms with Gasteiger partial charge in [-0.1, -0.05) is 11.6 Å². The SMILES string of the molecule is C[C@H](OC(=O)[C@H](C)Oc1ccc(Cl)cc1)C(=O)Nc1ccc(N2CCOCC2)cc1. The largest absolute Gasteiger partial charge is 0.479 e. The van der Waals surface area contributed by atoms with Crippen LogP contribution in [0, 0.1) is 0 Å². The van der Waals surface area contributed by atoms with Crippen molar-refractivity contribution in [2.24, 2.45) is 0 Å². The van der Waals surface area contributed by atoms with Crippen molar-refractivity contribution in [2.75, 3.05) is 36.5 Å². The highest BCUT2D eigenvalue weighted by Crippen LogP contribution is 2.20. The number of amides is 1. The fourth-order valence-electron chi connectivity index (χ4n) is 2.91. The molecule has 0 aromatic heterocycles. The number of anilines is 2. The average molecular weight is 433 g/mol. The summed E-state index contributed by atoms with van der Waals surface area (Å²) in [5, 5.41) is 3.33. The maximum Gasteiger partial charge on any atom is 0.347 e. The van der Waals surface area contributed by atoms with Gasteiger partial charge in [-0.05, 0) is 62.4 Å². The third-order valence-corrected chi connectivity index (χ3v) is 4.88. The van der Waals surface area contributed by atoms with Crippen molar-refractivity contribution in [1.82, 2.24) is 0 Å². The Morgan fingerprint density at radius 3 is 2.27 bits per heavy atom. The highest BCUT2D eigenvalue weighted by molar-refractivity contribution is 6.30. The molecule has 0 unspecified atom stereocenters. The van der Waals surface area contributed by atoms with Crippen LogP contribution in [0.4, 0.5) is 11.4 Å². The Labute approximate surface area is 180 Å². The highest BCUT2D eigenvalue weighted by atomic mass is 35.5. The van der Waals surface area contributed by atoms with Gasteiger partial charge in [-0.3, -0.25) is 4.79 Å². The van der Waals surface area contributed by atoms with Gasteiger partial charge in [0.25, 0.3) is 5.91 Å². The molecule has 1 N–H and O–H groups in total. The number of carbonyl (C=O) groups is 2. The molecule has 1 saturated heterocycles. The number of nitrogens with zero attached hydrogens (tertiary/aromatic N) is 1. The van der Waals surface area contributed by atoms with E-state index in [1.165, 1.54) is 6.92 Å². The van der Waals surface area contributed by atoms with E-state index < -0.39 is 24.1 Å². The maximum absolute atomic E-state index is 12.4.